The Balaban J connectivity index is 1.51. The van der Waals surface area contributed by atoms with Crippen LogP contribution in [0.3, 0.4) is 0 Å². The van der Waals surface area contributed by atoms with E-state index >= 15 is 0 Å². The zero-order valence-electron chi connectivity index (χ0n) is 25.2. The largest absolute Gasteiger partial charge is 0.480 e. The molecule has 7 nitrogen and oxygen atoms in total. The molecule has 0 fully saturated rings. The normalized spacial score (nSPS) is 12.4. The fraction of sp³-hybridized carbons (Fsp3) is 0.154. The maximum atomic E-state index is 14.7. The van der Waals surface area contributed by atoms with E-state index in [1.54, 1.807) is 0 Å². The van der Waals surface area contributed by atoms with Gasteiger partial charge in [-0.05, 0) is 57.3 Å². The number of benzene rings is 5. The van der Waals surface area contributed by atoms with E-state index in [1.165, 1.54) is 10.5 Å². The Morgan fingerprint density at radius 3 is 1.78 bits per heavy atom. The molecule has 3 N–H and O–H groups in total. The van der Waals surface area contributed by atoms with Crippen molar-refractivity contribution >= 4 is 18.0 Å². The number of rotatable bonds is 11. The summed E-state index contributed by atoms with van der Waals surface area (Å²) >= 11 is 0. The van der Waals surface area contributed by atoms with E-state index in [0.717, 1.165) is 22.3 Å². The maximum absolute atomic E-state index is 14.7. The highest BCUT2D eigenvalue weighted by molar-refractivity contribution is 5.84. The van der Waals surface area contributed by atoms with Gasteiger partial charge in [-0.1, -0.05) is 133 Å². The molecule has 1 aliphatic carbocycles. The Morgan fingerprint density at radius 2 is 1.24 bits per heavy atom. The minimum absolute atomic E-state index is 0.0664. The summed E-state index contributed by atoms with van der Waals surface area (Å²) in [4.78, 5) is 41.1. The lowest BCUT2D eigenvalue weighted by molar-refractivity contribution is -0.144. The number of primary amides is 1. The van der Waals surface area contributed by atoms with Crippen molar-refractivity contribution in [2.45, 2.75) is 37.5 Å². The first-order chi connectivity index (χ1) is 22.4. The van der Waals surface area contributed by atoms with Crippen LogP contribution in [-0.4, -0.2) is 34.0 Å². The molecule has 0 heterocycles. The Kier molecular flexibility index (Phi) is 8.65. The van der Waals surface area contributed by atoms with Crippen molar-refractivity contribution in [1.82, 2.24) is 4.90 Å². The van der Waals surface area contributed by atoms with Crippen molar-refractivity contribution in [2.75, 3.05) is 0 Å². The topological polar surface area (TPSA) is 110 Å². The van der Waals surface area contributed by atoms with Crippen molar-refractivity contribution in [3.63, 3.8) is 0 Å². The number of hydrogen-bond acceptors (Lipinski definition) is 4. The van der Waals surface area contributed by atoms with Crippen LogP contribution in [0.15, 0.2) is 133 Å². The standard InChI is InChI=1S/C39H34N2O5/c40-36(42)24-23-35(37(43)44)41(38(45)46-26-28-14-12-22-33-32-21-11-10-13-27(32)25-34(28)33)39(29-15-4-1-5-16-29,30-17-6-2-7-18-30)31-19-8-3-9-20-31/h1-22,35H,23-26H2,(H2,40,42)(H,43,44)/t35-/m1/s1. The van der Waals surface area contributed by atoms with Gasteiger partial charge in [0.15, 0.2) is 0 Å². The number of carbonyl (C=O) groups excluding carboxylic acids is 2. The van der Waals surface area contributed by atoms with E-state index < -0.39 is 29.6 Å². The molecule has 5 aromatic rings. The summed E-state index contributed by atoms with van der Waals surface area (Å²) in [5.41, 5.74) is 11.4. The molecule has 0 unspecified atom stereocenters. The summed E-state index contributed by atoms with van der Waals surface area (Å²) < 4.78 is 6.13. The number of nitrogens with zero attached hydrogens (tertiary/aromatic N) is 1. The van der Waals surface area contributed by atoms with Crippen LogP contribution in [0.4, 0.5) is 4.79 Å². The Labute approximate surface area is 267 Å². The molecule has 0 radical (unpaired) electrons. The molecule has 230 valence electrons. The molecule has 2 amide bonds. The molecular formula is C39H34N2O5. The molecule has 1 atom stereocenters. The first kappa shape index (κ1) is 30.3. The predicted octanol–water partition coefficient (Wildman–Crippen LogP) is 6.91. The van der Waals surface area contributed by atoms with Gasteiger partial charge in [-0.25, -0.2) is 9.59 Å². The molecule has 0 bridgehead atoms. The van der Waals surface area contributed by atoms with Crippen molar-refractivity contribution in [1.29, 1.82) is 0 Å². The van der Waals surface area contributed by atoms with Crippen LogP contribution in [-0.2, 0) is 32.9 Å². The molecule has 0 aromatic heterocycles. The minimum Gasteiger partial charge on any atom is -0.480 e. The van der Waals surface area contributed by atoms with Gasteiger partial charge in [0.05, 0.1) is 0 Å². The summed E-state index contributed by atoms with van der Waals surface area (Å²) in [5.74, 6) is -1.94. The number of carboxylic acid groups (broad SMARTS) is 1. The number of nitrogens with two attached hydrogens (primary N) is 1. The minimum atomic E-state index is -1.47. The fourth-order valence-electron chi connectivity index (χ4n) is 6.66. The fourth-order valence-corrected chi connectivity index (χ4v) is 6.66. The molecule has 1 aliphatic rings. The van der Waals surface area contributed by atoms with Crippen LogP contribution >= 0.6 is 0 Å². The van der Waals surface area contributed by atoms with Crippen molar-refractivity contribution < 1.29 is 24.2 Å². The van der Waals surface area contributed by atoms with Gasteiger partial charge in [0.25, 0.3) is 0 Å². The lowest BCUT2D eigenvalue weighted by Gasteiger charge is -2.47. The predicted molar refractivity (Wildman–Crippen MR) is 176 cm³/mol. The van der Waals surface area contributed by atoms with Gasteiger partial charge in [0, 0.05) is 6.42 Å². The monoisotopic (exact) mass is 610 g/mol. The van der Waals surface area contributed by atoms with Crippen molar-refractivity contribution in [3.05, 3.63) is 167 Å². The number of ether oxygens (including phenoxy) is 1. The summed E-state index contributed by atoms with van der Waals surface area (Å²) in [7, 11) is 0. The molecule has 0 aliphatic heterocycles. The Morgan fingerprint density at radius 1 is 0.717 bits per heavy atom. The molecule has 6 rings (SSSR count). The first-order valence-electron chi connectivity index (χ1n) is 15.2. The maximum Gasteiger partial charge on any atom is 0.412 e. The number of fused-ring (bicyclic) bond motifs is 3. The summed E-state index contributed by atoms with van der Waals surface area (Å²) in [6, 6.07) is 40.6. The third-order valence-electron chi connectivity index (χ3n) is 8.69. The molecule has 46 heavy (non-hydrogen) atoms. The smallest absolute Gasteiger partial charge is 0.412 e. The van der Waals surface area contributed by atoms with E-state index in [0.29, 0.717) is 23.1 Å². The molecule has 0 saturated heterocycles. The molecule has 0 saturated carbocycles. The average Bonchev–Trinajstić information content (AvgIpc) is 3.47. The van der Waals surface area contributed by atoms with Crippen LogP contribution in [0.1, 0.15) is 46.2 Å². The Bertz CT molecular complexity index is 1760. The number of carboxylic acids is 1. The SMILES string of the molecule is NC(=O)CC[C@H](C(=O)O)N(C(=O)OCc1cccc2c1Cc1ccccc1-2)C(c1ccccc1)(c1ccccc1)c1ccccc1. The van der Waals surface area contributed by atoms with Gasteiger partial charge in [-0.15, -0.1) is 0 Å². The quantitative estimate of drug-likeness (QED) is 0.155. The van der Waals surface area contributed by atoms with Gasteiger partial charge in [-0.2, -0.15) is 0 Å². The second-order valence-corrected chi connectivity index (χ2v) is 11.4. The number of aliphatic carboxylic acids is 1. The van der Waals surface area contributed by atoms with Crippen LogP contribution < -0.4 is 5.73 Å². The van der Waals surface area contributed by atoms with Crippen LogP contribution in [0.25, 0.3) is 11.1 Å². The average molecular weight is 611 g/mol. The summed E-state index contributed by atoms with van der Waals surface area (Å²) in [6.07, 6.45) is -0.563. The third kappa shape index (κ3) is 5.63. The number of carbonyl (C=O) groups is 3. The van der Waals surface area contributed by atoms with Gasteiger partial charge >= 0.3 is 12.1 Å². The van der Waals surface area contributed by atoms with Crippen molar-refractivity contribution in [2.24, 2.45) is 5.73 Å². The van der Waals surface area contributed by atoms with E-state index in [2.05, 4.69) is 18.2 Å². The zero-order valence-corrected chi connectivity index (χ0v) is 25.2. The van der Waals surface area contributed by atoms with E-state index in [4.69, 9.17) is 10.5 Å². The first-order valence-corrected chi connectivity index (χ1v) is 15.2. The van der Waals surface area contributed by atoms with Crippen molar-refractivity contribution in [3.8, 4) is 11.1 Å². The number of amides is 2. The van der Waals surface area contributed by atoms with E-state index in [9.17, 15) is 19.5 Å². The second-order valence-electron chi connectivity index (χ2n) is 11.4. The summed E-state index contributed by atoms with van der Waals surface area (Å²) in [5, 5.41) is 10.7. The third-order valence-corrected chi connectivity index (χ3v) is 8.69. The van der Waals surface area contributed by atoms with E-state index in [-0.39, 0.29) is 19.4 Å². The number of hydrogen-bond donors (Lipinski definition) is 2. The second kappa shape index (κ2) is 13.1. The highest BCUT2D eigenvalue weighted by atomic mass is 16.6. The molecule has 7 heteroatoms. The highest BCUT2D eigenvalue weighted by Crippen LogP contribution is 2.45. The summed E-state index contributed by atoms with van der Waals surface area (Å²) in [6.45, 7) is -0.0664. The van der Waals surface area contributed by atoms with Crippen LogP contribution in [0, 0.1) is 0 Å². The van der Waals surface area contributed by atoms with E-state index in [1.807, 2.05) is 115 Å². The molecular weight excluding hydrogens is 576 g/mol. The van der Waals surface area contributed by atoms with Crippen LogP contribution in [0.5, 0.6) is 0 Å². The lowest BCUT2D eigenvalue weighted by Crippen LogP contribution is -2.58. The molecule has 0 spiro atoms. The van der Waals surface area contributed by atoms with Crippen LogP contribution in [0.2, 0.25) is 0 Å². The molecule has 5 aromatic carbocycles. The lowest BCUT2D eigenvalue weighted by atomic mass is 9.74. The Hall–Kier alpha value is -5.69. The van der Waals surface area contributed by atoms with Gasteiger partial charge in [-0.3, -0.25) is 9.69 Å². The highest BCUT2D eigenvalue weighted by Gasteiger charge is 2.50. The zero-order chi connectivity index (χ0) is 32.1. The van der Waals surface area contributed by atoms with Gasteiger partial charge in [0.1, 0.15) is 18.2 Å². The van der Waals surface area contributed by atoms with Gasteiger partial charge < -0.3 is 15.6 Å². The van der Waals surface area contributed by atoms with Gasteiger partial charge in [0.2, 0.25) is 5.91 Å².